The number of benzene rings is 1. The Hall–Kier alpha value is -1.72. The lowest BCUT2D eigenvalue weighted by Gasteiger charge is -2.08. The number of hydrogen-bond donors (Lipinski definition) is 1. The Bertz CT molecular complexity index is 474. The zero-order valence-electron chi connectivity index (χ0n) is 14.8. The van der Waals surface area contributed by atoms with E-state index in [4.69, 9.17) is 9.47 Å². The summed E-state index contributed by atoms with van der Waals surface area (Å²) in [7, 11) is 0. The third kappa shape index (κ3) is 10.1. The molecule has 0 radical (unpaired) electrons. The Morgan fingerprint density at radius 1 is 1.04 bits per heavy atom. The molecule has 0 saturated heterocycles. The van der Waals surface area contributed by atoms with Gasteiger partial charge in [-0.3, -0.25) is 9.59 Å². The molecule has 0 atom stereocenters. The summed E-state index contributed by atoms with van der Waals surface area (Å²) in [6, 6.07) is 9.98. The van der Waals surface area contributed by atoms with Crippen LogP contribution in [0.4, 0.5) is 0 Å². The quantitative estimate of drug-likeness (QED) is 0.562. The molecule has 0 saturated carbocycles. The second kappa shape index (κ2) is 12.7. The van der Waals surface area contributed by atoms with E-state index in [2.05, 4.69) is 5.32 Å². The van der Waals surface area contributed by atoms with Gasteiger partial charge >= 0.3 is 0 Å². The average Bonchev–Trinajstić information content (AvgIpc) is 2.59. The van der Waals surface area contributed by atoms with Crippen molar-refractivity contribution in [1.29, 1.82) is 0 Å². The maximum Gasteiger partial charge on any atom is 0.220 e. The molecule has 5 nitrogen and oxygen atoms in total. The van der Waals surface area contributed by atoms with E-state index in [0.717, 1.165) is 12.8 Å². The van der Waals surface area contributed by atoms with Crippen LogP contribution in [-0.4, -0.2) is 44.7 Å². The monoisotopic (exact) mass is 335 g/mol. The number of nitrogens with one attached hydrogen (secondary N) is 1. The highest BCUT2D eigenvalue weighted by Crippen LogP contribution is 2.02. The Morgan fingerprint density at radius 3 is 2.46 bits per heavy atom. The normalized spacial score (nSPS) is 10.8. The fourth-order valence-electron chi connectivity index (χ4n) is 1.95. The van der Waals surface area contributed by atoms with Crippen LogP contribution in [-0.2, 0) is 25.5 Å². The molecule has 1 aromatic rings. The van der Waals surface area contributed by atoms with Crippen molar-refractivity contribution in [3.8, 4) is 0 Å². The molecule has 0 unspecified atom stereocenters. The lowest BCUT2D eigenvalue weighted by Crippen LogP contribution is -2.25. The van der Waals surface area contributed by atoms with Crippen LogP contribution in [0.1, 0.15) is 32.3 Å². The Kier molecular flexibility index (Phi) is 10.7. The zero-order chi connectivity index (χ0) is 17.6. The van der Waals surface area contributed by atoms with Crippen molar-refractivity contribution < 1.29 is 19.1 Å². The highest BCUT2D eigenvalue weighted by molar-refractivity contribution is 5.81. The minimum Gasteiger partial charge on any atom is -0.379 e. The molecule has 1 aromatic carbocycles. The van der Waals surface area contributed by atoms with E-state index in [1.54, 1.807) is 0 Å². The first-order valence-electron chi connectivity index (χ1n) is 8.58. The van der Waals surface area contributed by atoms with Crippen LogP contribution in [0, 0.1) is 5.92 Å². The molecule has 1 rings (SSSR count). The smallest absolute Gasteiger partial charge is 0.220 e. The molecule has 0 fully saturated rings. The van der Waals surface area contributed by atoms with Crippen molar-refractivity contribution in [1.82, 2.24) is 5.32 Å². The van der Waals surface area contributed by atoms with Crippen LogP contribution < -0.4 is 5.32 Å². The molecule has 0 bridgehead atoms. The van der Waals surface area contributed by atoms with Crippen molar-refractivity contribution in [2.45, 2.75) is 33.1 Å². The molecule has 0 aromatic heterocycles. The van der Waals surface area contributed by atoms with Gasteiger partial charge < -0.3 is 14.8 Å². The van der Waals surface area contributed by atoms with Gasteiger partial charge in [0.25, 0.3) is 0 Å². The number of carbonyl (C=O) groups excluding carboxylic acids is 2. The van der Waals surface area contributed by atoms with Crippen LogP contribution in [0.5, 0.6) is 0 Å². The fourth-order valence-corrected chi connectivity index (χ4v) is 1.95. The number of hydrogen-bond acceptors (Lipinski definition) is 4. The standard InChI is InChI=1S/C19H29NO4/c1-16(2)18(21)15-24-14-13-23-12-6-11-20-19(22)10-9-17-7-4-3-5-8-17/h3-5,7-8,16H,6,9-15H2,1-2H3,(H,20,22). The molecule has 0 aliphatic carbocycles. The summed E-state index contributed by atoms with van der Waals surface area (Å²) in [4.78, 5) is 23.0. The molecule has 0 heterocycles. The lowest BCUT2D eigenvalue weighted by molar-refractivity contribution is -0.127. The van der Waals surface area contributed by atoms with E-state index < -0.39 is 0 Å². The van der Waals surface area contributed by atoms with Gasteiger partial charge in [-0.1, -0.05) is 44.2 Å². The van der Waals surface area contributed by atoms with E-state index in [9.17, 15) is 9.59 Å². The fraction of sp³-hybridized carbons (Fsp3) is 0.579. The first-order valence-corrected chi connectivity index (χ1v) is 8.58. The molecule has 5 heteroatoms. The average molecular weight is 335 g/mol. The number of ketones is 1. The zero-order valence-corrected chi connectivity index (χ0v) is 14.8. The maximum atomic E-state index is 11.7. The van der Waals surface area contributed by atoms with Gasteiger partial charge in [-0.15, -0.1) is 0 Å². The number of amides is 1. The van der Waals surface area contributed by atoms with E-state index in [0.29, 0.717) is 32.8 Å². The number of aryl methyl sites for hydroxylation is 1. The summed E-state index contributed by atoms with van der Waals surface area (Å²) >= 11 is 0. The summed E-state index contributed by atoms with van der Waals surface area (Å²) in [5.74, 6) is 0.180. The van der Waals surface area contributed by atoms with Crippen LogP contribution in [0.15, 0.2) is 30.3 Å². The Balaban J connectivity index is 1.89. The summed E-state index contributed by atoms with van der Waals surface area (Å²) in [6.45, 7) is 5.93. The molecule has 0 spiro atoms. The number of rotatable bonds is 13. The van der Waals surface area contributed by atoms with E-state index in [1.165, 1.54) is 5.56 Å². The van der Waals surface area contributed by atoms with Crippen LogP contribution in [0.25, 0.3) is 0 Å². The predicted molar refractivity (Wildman–Crippen MR) is 93.9 cm³/mol. The summed E-state index contributed by atoms with van der Waals surface area (Å²) < 4.78 is 10.6. The second-order valence-electron chi connectivity index (χ2n) is 5.98. The largest absolute Gasteiger partial charge is 0.379 e. The molecular formula is C19H29NO4. The number of ether oxygens (including phenoxy) is 2. The van der Waals surface area contributed by atoms with Gasteiger partial charge in [0.05, 0.1) is 13.2 Å². The Morgan fingerprint density at radius 2 is 1.75 bits per heavy atom. The molecule has 24 heavy (non-hydrogen) atoms. The minimum atomic E-state index is 0.0106. The Labute approximate surface area is 144 Å². The SMILES string of the molecule is CC(C)C(=O)COCCOCCCNC(=O)CCc1ccccc1. The molecule has 1 amide bonds. The van der Waals surface area contributed by atoms with E-state index >= 15 is 0 Å². The van der Waals surface area contributed by atoms with Gasteiger partial charge in [0.2, 0.25) is 5.91 Å². The van der Waals surface area contributed by atoms with Gasteiger partial charge in [0, 0.05) is 25.5 Å². The lowest BCUT2D eigenvalue weighted by atomic mass is 10.1. The summed E-state index contributed by atoms with van der Waals surface area (Å²) in [5.41, 5.74) is 1.17. The third-order valence-electron chi connectivity index (χ3n) is 3.53. The van der Waals surface area contributed by atoms with Gasteiger partial charge in [-0.2, -0.15) is 0 Å². The molecule has 0 aliphatic heterocycles. The second-order valence-corrected chi connectivity index (χ2v) is 5.98. The highest BCUT2D eigenvalue weighted by atomic mass is 16.5. The van der Waals surface area contributed by atoms with Gasteiger partial charge in [0.15, 0.2) is 5.78 Å². The predicted octanol–water partition coefficient (Wildman–Crippen LogP) is 2.38. The van der Waals surface area contributed by atoms with E-state index in [1.807, 2.05) is 44.2 Å². The van der Waals surface area contributed by atoms with E-state index in [-0.39, 0.29) is 24.2 Å². The van der Waals surface area contributed by atoms with Gasteiger partial charge in [0.1, 0.15) is 6.61 Å². The van der Waals surface area contributed by atoms with Crippen LogP contribution >= 0.6 is 0 Å². The highest BCUT2D eigenvalue weighted by Gasteiger charge is 2.06. The first kappa shape index (κ1) is 20.3. The summed E-state index contributed by atoms with van der Waals surface area (Å²) in [5, 5.41) is 2.89. The number of carbonyl (C=O) groups is 2. The van der Waals surface area contributed by atoms with Crippen molar-refractivity contribution >= 4 is 11.7 Å². The molecule has 1 N–H and O–H groups in total. The van der Waals surface area contributed by atoms with Gasteiger partial charge in [-0.25, -0.2) is 0 Å². The topological polar surface area (TPSA) is 64.6 Å². The van der Waals surface area contributed by atoms with Crippen LogP contribution in [0.3, 0.4) is 0 Å². The van der Waals surface area contributed by atoms with Crippen LogP contribution in [0.2, 0.25) is 0 Å². The third-order valence-corrected chi connectivity index (χ3v) is 3.53. The summed E-state index contributed by atoms with van der Waals surface area (Å²) in [6.07, 6.45) is 2.03. The van der Waals surface area contributed by atoms with Crippen molar-refractivity contribution in [2.75, 3.05) is 33.0 Å². The van der Waals surface area contributed by atoms with Gasteiger partial charge in [-0.05, 0) is 18.4 Å². The van der Waals surface area contributed by atoms with Crippen molar-refractivity contribution in [2.24, 2.45) is 5.92 Å². The maximum absolute atomic E-state index is 11.7. The molecule has 0 aliphatic rings. The molecular weight excluding hydrogens is 306 g/mol. The van der Waals surface area contributed by atoms with Crippen molar-refractivity contribution in [3.63, 3.8) is 0 Å². The van der Waals surface area contributed by atoms with Crippen molar-refractivity contribution in [3.05, 3.63) is 35.9 Å². The first-order chi connectivity index (χ1) is 11.6. The minimum absolute atomic E-state index is 0.0106. The molecule has 134 valence electrons. The number of Topliss-reactive ketones (excluding diaryl/α,β-unsaturated/α-hetero) is 1.